The van der Waals surface area contributed by atoms with Crippen LogP contribution in [0, 0.1) is 6.92 Å². The monoisotopic (exact) mass is 385 g/mol. The molecule has 0 spiro atoms. The first-order valence-electron chi connectivity index (χ1n) is 8.97. The fraction of sp³-hybridized carbons (Fsp3) is 0.350. The lowest BCUT2D eigenvalue weighted by Crippen LogP contribution is -2.41. The molecule has 0 radical (unpaired) electrons. The van der Waals surface area contributed by atoms with Gasteiger partial charge in [-0.3, -0.25) is 9.79 Å². The number of nitrogens with two attached hydrogens (primary N) is 2. The number of carbonyl (C=O) groups excluding carboxylic acids is 1. The van der Waals surface area contributed by atoms with Crippen LogP contribution in [0.1, 0.15) is 28.8 Å². The van der Waals surface area contributed by atoms with Crippen molar-refractivity contribution in [2.75, 3.05) is 6.54 Å². The van der Waals surface area contributed by atoms with Crippen molar-refractivity contribution >= 4 is 23.5 Å². The first-order valence-corrected chi connectivity index (χ1v) is 9.35. The third-order valence-corrected chi connectivity index (χ3v) is 5.14. The molecule has 4 N–H and O–H groups in total. The van der Waals surface area contributed by atoms with Gasteiger partial charge >= 0.3 is 0 Å². The van der Waals surface area contributed by atoms with Gasteiger partial charge in [0.2, 0.25) is 5.91 Å². The second kappa shape index (κ2) is 8.39. The maximum atomic E-state index is 13.0. The Morgan fingerprint density at radius 3 is 2.48 bits per heavy atom. The molecule has 0 aliphatic heterocycles. The second-order valence-electron chi connectivity index (χ2n) is 6.81. The van der Waals surface area contributed by atoms with Gasteiger partial charge in [-0.15, -0.1) is 0 Å². The molecule has 0 saturated heterocycles. The van der Waals surface area contributed by atoms with Crippen molar-refractivity contribution in [2.45, 2.75) is 38.8 Å². The van der Waals surface area contributed by atoms with E-state index in [1.54, 1.807) is 0 Å². The number of halogens is 1. The van der Waals surface area contributed by atoms with Crippen LogP contribution in [-0.2, 0) is 24.2 Å². The van der Waals surface area contributed by atoms with Crippen LogP contribution >= 0.6 is 11.6 Å². The number of benzene rings is 1. The van der Waals surface area contributed by atoms with E-state index in [1.807, 2.05) is 36.1 Å². The first kappa shape index (κ1) is 19.2. The van der Waals surface area contributed by atoms with Gasteiger partial charge in [-0.05, 0) is 37.0 Å². The smallest absolute Gasteiger partial charge is 0.225 e. The number of guanidine groups is 1. The molecule has 7 heteroatoms. The number of aryl methyl sites for hydroxylation is 1. The van der Waals surface area contributed by atoms with E-state index < -0.39 is 0 Å². The SMILES string of the molecule is Cc1ccc(CN(C(=O)CCN=C(N)N)C2Cc3ccccc3C2)c(Cl)n1. The van der Waals surface area contributed by atoms with Crippen LogP contribution in [-0.4, -0.2) is 34.3 Å². The lowest BCUT2D eigenvalue weighted by Gasteiger charge is -2.29. The number of pyridine rings is 1. The van der Waals surface area contributed by atoms with Gasteiger partial charge in [0, 0.05) is 30.3 Å². The van der Waals surface area contributed by atoms with Gasteiger partial charge in [-0.1, -0.05) is 41.9 Å². The molecule has 3 rings (SSSR count). The number of hydrogen-bond donors (Lipinski definition) is 2. The van der Waals surface area contributed by atoms with Crippen molar-refractivity contribution in [1.82, 2.24) is 9.88 Å². The van der Waals surface area contributed by atoms with Gasteiger partial charge in [-0.2, -0.15) is 0 Å². The van der Waals surface area contributed by atoms with Crippen LogP contribution in [0.4, 0.5) is 0 Å². The van der Waals surface area contributed by atoms with Gasteiger partial charge in [0.05, 0.1) is 6.54 Å². The molecule has 1 heterocycles. The van der Waals surface area contributed by atoms with E-state index in [4.69, 9.17) is 23.1 Å². The van der Waals surface area contributed by atoms with Crippen molar-refractivity contribution in [3.8, 4) is 0 Å². The number of amides is 1. The van der Waals surface area contributed by atoms with Crippen LogP contribution < -0.4 is 11.5 Å². The van der Waals surface area contributed by atoms with Crippen molar-refractivity contribution in [3.05, 3.63) is 63.9 Å². The zero-order chi connectivity index (χ0) is 19.4. The average molecular weight is 386 g/mol. The van der Waals surface area contributed by atoms with Crippen LogP contribution in [0.15, 0.2) is 41.4 Å². The van der Waals surface area contributed by atoms with Crippen molar-refractivity contribution in [3.63, 3.8) is 0 Å². The Bertz CT molecular complexity index is 838. The van der Waals surface area contributed by atoms with E-state index in [1.165, 1.54) is 11.1 Å². The summed E-state index contributed by atoms with van der Waals surface area (Å²) < 4.78 is 0. The lowest BCUT2D eigenvalue weighted by atomic mass is 10.1. The molecule has 0 bridgehead atoms. The molecular formula is C20H24ClN5O. The minimum atomic E-state index is -0.00611. The van der Waals surface area contributed by atoms with Crippen molar-refractivity contribution in [1.29, 1.82) is 0 Å². The van der Waals surface area contributed by atoms with E-state index in [0.717, 1.165) is 24.1 Å². The number of nitrogens with zero attached hydrogens (tertiary/aromatic N) is 3. The molecule has 1 amide bonds. The Kier molecular flexibility index (Phi) is 5.96. The predicted molar refractivity (Wildman–Crippen MR) is 107 cm³/mol. The van der Waals surface area contributed by atoms with E-state index in [-0.39, 0.29) is 30.9 Å². The quantitative estimate of drug-likeness (QED) is 0.452. The largest absolute Gasteiger partial charge is 0.370 e. The zero-order valence-corrected chi connectivity index (χ0v) is 16.1. The highest BCUT2D eigenvalue weighted by Gasteiger charge is 2.30. The molecule has 6 nitrogen and oxygen atoms in total. The standard InChI is InChI=1S/C20H24ClN5O/c1-13-6-7-16(19(21)25-13)12-26(18(27)8-9-24-20(22)23)17-10-14-4-2-3-5-15(14)11-17/h2-7,17H,8-12H2,1H3,(H4,22,23,24). The van der Waals surface area contributed by atoms with E-state index in [9.17, 15) is 4.79 Å². The highest BCUT2D eigenvalue weighted by molar-refractivity contribution is 6.30. The summed E-state index contributed by atoms with van der Waals surface area (Å²) in [5, 5.41) is 0.438. The molecule has 0 fully saturated rings. The highest BCUT2D eigenvalue weighted by Crippen LogP contribution is 2.28. The molecule has 1 aromatic heterocycles. The number of hydrogen-bond acceptors (Lipinski definition) is 3. The van der Waals surface area contributed by atoms with Crippen LogP contribution in [0.2, 0.25) is 5.15 Å². The van der Waals surface area contributed by atoms with Crippen molar-refractivity contribution < 1.29 is 4.79 Å². The number of fused-ring (bicyclic) bond motifs is 1. The minimum absolute atomic E-state index is 0.00611. The number of carbonyl (C=O) groups is 1. The van der Waals surface area contributed by atoms with E-state index in [2.05, 4.69) is 22.1 Å². The Labute approximate surface area is 164 Å². The summed E-state index contributed by atoms with van der Waals surface area (Å²) in [5.41, 5.74) is 15.0. The summed E-state index contributed by atoms with van der Waals surface area (Å²) in [5.74, 6) is 0.00264. The van der Waals surface area contributed by atoms with E-state index >= 15 is 0 Å². The Morgan fingerprint density at radius 1 is 1.22 bits per heavy atom. The molecule has 0 atom stereocenters. The highest BCUT2D eigenvalue weighted by atomic mass is 35.5. The molecule has 1 aromatic carbocycles. The first-order chi connectivity index (χ1) is 12.9. The molecular weight excluding hydrogens is 362 g/mol. The van der Waals surface area contributed by atoms with Crippen LogP contribution in [0.5, 0.6) is 0 Å². The second-order valence-corrected chi connectivity index (χ2v) is 7.17. The normalized spacial score (nSPS) is 13.3. The third-order valence-electron chi connectivity index (χ3n) is 4.82. The average Bonchev–Trinajstić information content (AvgIpc) is 3.04. The van der Waals surface area contributed by atoms with Gasteiger partial charge < -0.3 is 16.4 Å². The Morgan fingerprint density at radius 2 is 1.89 bits per heavy atom. The molecule has 27 heavy (non-hydrogen) atoms. The third kappa shape index (κ3) is 4.77. The maximum absolute atomic E-state index is 13.0. The summed E-state index contributed by atoms with van der Waals surface area (Å²) in [7, 11) is 0. The molecule has 0 unspecified atom stereocenters. The molecule has 2 aromatic rings. The summed E-state index contributed by atoms with van der Waals surface area (Å²) in [6, 6.07) is 12.2. The summed E-state index contributed by atoms with van der Waals surface area (Å²) in [6.07, 6.45) is 1.92. The molecule has 1 aliphatic carbocycles. The predicted octanol–water partition coefficient (Wildman–Crippen LogP) is 2.20. The van der Waals surface area contributed by atoms with Gasteiger partial charge in [-0.25, -0.2) is 4.98 Å². The fourth-order valence-corrected chi connectivity index (χ4v) is 3.71. The van der Waals surface area contributed by atoms with E-state index in [0.29, 0.717) is 11.7 Å². The van der Waals surface area contributed by atoms with Gasteiger partial charge in [0.15, 0.2) is 5.96 Å². The number of rotatable bonds is 6. The van der Waals surface area contributed by atoms with Crippen LogP contribution in [0.3, 0.4) is 0 Å². The maximum Gasteiger partial charge on any atom is 0.225 e. The number of aliphatic imine (C=N–C) groups is 1. The zero-order valence-electron chi connectivity index (χ0n) is 15.4. The topological polar surface area (TPSA) is 97.6 Å². The van der Waals surface area contributed by atoms with Crippen LogP contribution in [0.25, 0.3) is 0 Å². The van der Waals surface area contributed by atoms with Gasteiger partial charge in [0.25, 0.3) is 0 Å². The minimum Gasteiger partial charge on any atom is -0.370 e. The Balaban J connectivity index is 1.80. The summed E-state index contributed by atoms with van der Waals surface area (Å²) >= 11 is 6.32. The summed E-state index contributed by atoms with van der Waals surface area (Å²) in [4.78, 5) is 23.1. The Hall–Kier alpha value is -2.60. The number of aromatic nitrogens is 1. The molecule has 1 aliphatic rings. The summed E-state index contributed by atoms with van der Waals surface area (Å²) in [6.45, 7) is 2.59. The molecule has 142 valence electrons. The molecule has 0 saturated carbocycles. The lowest BCUT2D eigenvalue weighted by molar-refractivity contribution is -0.133. The van der Waals surface area contributed by atoms with Crippen molar-refractivity contribution in [2.24, 2.45) is 16.5 Å². The van der Waals surface area contributed by atoms with Gasteiger partial charge in [0.1, 0.15) is 5.15 Å². The fourth-order valence-electron chi connectivity index (χ4n) is 3.46.